The molecule has 0 N–H and O–H groups in total. The van der Waals surface area contributed by atoms with Gasteiger partial charge in [0.05, 0.1) is 19.6 Å². The van der Waals surface area contributed by atoms with E-state index < -0.39 is 0 Å². The summed E-state index contributed by atoms with van der Waals surface area (Å²) < 4.78 is 24.8. The number of benzene rings is 2. The summed E-state index contributed by atoms with van der Waals surface area (Å²) in [6.45, 7) is 2.32. The number of ether oxygens (including phenoxy) is 4. The molecule has 5 nitrogen and oxygen atoms in total. The molecular formula is C21H18NO4+. The van der Waals surface area contributed by atoms with E-state index in [-0.39, 0.29) is 6.79 Å². The number of nitrogens with zero attached hydrogens (tertiary/aromatic N) is 1. The largest absolute Gasteiger partial charge is 0.493 e. The van der Waals surface area contributed by atoms with Crippen molar-refractivity contribution in [2.45, 2.75) is 6.92 Å². The molecule has 26 heavy (non-hydrogen) atoms. The van der Waals surface area contributed by atoms with Gasteiger partial charge in [-0.3, -0.25) is 0 Å². The average Bonchev–Trinajstić information content (AvgIpc) is 3.15. The maximum absolute atomic E-state index is 5.80. The number of aromatic nitrogens is 1. The average molecular weight is 348 g/mol. The molecule has 0 unspecified atom stereocenters. The van der Waals surface area contributed by atoms with Crippen molar-refractivity contribution < 1.29 is 23.3 Å². The first-order chi connectivity index (χ1) is 12.7. The van der Waals surface area contributed by atoms with Gasteiger partial charge in [-0.15, -0.1) is 0 Å². The Hall–Kier alpha value is -3.21. The fraction of sp³-hybridized carbons (Fsp3) is 0.190. The summed E-state index contributed by atoms with van der Waals surface area (Å²) in [5.41, 5.74) is 3.20. The van der Waals surface area contributed by atoms with Crippen LogP contribution in [0.3, 0.4) is 0 Å². The van der Waals surface area contributed by atoms with Crippen LogP contribution < -0.4 is 23.3 Å². The molecule has 0 amide bonds. The Bertz CT molecular complexity index is 1200. The normalized spacial score (nSPS) is 12.9. The third kappa shape index (κ3) is 1.88. The summed E-state index contributed by atoms with van der Waals surface area (Å²) in [4.78, 5) is 0. The van der Waals surface area contributed by atoms with E-state index in [9.17, 15) is 0 Å². The molecule has 4 aromatic rings. The van der Waals surface area contributed by atoms with Crippen molar-refractivity contribution >= 4 is 27.2 Å². The molecule has 0 bridgehead atoms. The Labute approximate surface area is 150 Å². The molecule has 0 atom stereocenters. The predicted octanol–water partition coefficient (Wildman–Crippen LogP) is 3.79. The summed E-state index contributed by atoms with van der Waals surface area (Å²) in [5, 5.41) is 3.18. The third-order valence-electron chi connectivity index (χ3n) is 4.96. The minimum absolute atomic E-state index is 0.242. The fourth-order valence-corrected chi connectivity index (χ4v) is 3.81. The summed E-state index contributed by atoms with van der Waals surface area (Å²) in [5.74, 6) is 2.99. The summed E-state index contributed by atoms with van der Waals surface area (Å²) in [6, 6.07) is 12.3. The van der Waals surface area contributed by atoms with E-state index in [4.69, 9.17) is 18.9 Å². The first-order valence-corrected chi connectivity index (χ1v) is 8.44. The molecule has 0 radical (unpaired) electrons. The fourth-order valence-electron chi connectivity index (χ4n) is 3.81. The number of rotatable bonds is 2. The molecule has 1 aliphatic heterocycles. The van der Waals surface area contributed by atoms with Gasteiger partial charge in [0.15, 0.2) is 23.4 Å². The molecule has 0 spiro atoms. The highest BCUT2D eigenvalue weighted by atomic mass is 16.7. The zero-order valence-electron chi connectivity index (χ0n) is 14.8. The second kappa shape index (κ2) is 5.39. The Kier molecular flexibility index (Phi) is 3.13. The maximum atomic E-state index is 5.80. The van der Waals surface area contributed by atoms with Crippen LogP contribution >= 0.6 is 0 Å². The SMILES string of the molecule is COc1ccc2c3ccc4c(c3[n+]3ccc(C)cc3c2c1OC)OCO4. The van der Waals surface area contributed by atoms with E-state index >= 15 is 0 Å². The lowest BCUT2D eigenvalue weighted by Crippen LogP contribution is -2.23. The van der Waals surface area contributed by atoms with Gasteiger partial charge in [0.25, 0.3) is 5.52 Å². The van der Waals surface area contributed by atoms with Crippen LogP contribution in [0.15, 0.2) is 42.6 Å². The predicted molar refractivity (Wildman–Crippen MR) is 98.6 cm³/mol. The lowest BCUT2D eigenvalue weighted by molar-refractivity contribution is -0.480. The van der Waals surface area contributed by atoms with Crippen molar-refractivity contribution in [1.29, 1.82) is 0 Å². The molecule has 0 fully saturated rings. The molecular weight excluding hydrogens is 330 g/mol. The van der Waals surface area contributed by atoms with Gasteiger partial charge in [-0.1, -0.05) is 0 Å². The van der Waals surface area contributed by atoms with E-state index in [2.05, 4.69) is 41.8 Å². The molecule has 1 aliphatic rings. The van der Waals surface area contributed by atoms with Gasteiger partial charge in [0.2, 0.25) is 18.1 Å². The number of pyridine rings is 2. The minimum Gasteiger partial charge on any atom is -0.493 e. The van der Waals surface area contributed by atoms with Crippen LogP contribution in [-0.4, -0.2) is 21.0 Å². The third-order valence-corrected chi connectivity index (χ3v) is 4.96. The highest BCUT2D eigenvalue weighted by Crippen LogP contribution is 2.44. The van der Waals surface area contributed by atoms with Crippen molar-refractivity contribution in [3.05, 3.63) is 48.2 Å². The number of hydrogen-bond donors (Lipinski definition) is 0. The number of aryl methyl sites for hydroxylation is 1. The van der Waals surface area contributed by atoms with E-state index in [1.54, 1.807) is 14.2 Å². The van der Waals surface area contributed by atoms with Crippen LogP contribution in [0.25, 0.3) is 27.2 Å². The zero-order chi connectivity index (χ0) is 17.8. The Morgan fingerprint density at radius 1 is 0.962 bits per heavy atom. The molecule has 5 heteroatoms. The van der Waals surface area contributed by atoms with Crippen LogP contribution in [0.1, 0.15) is 5.56 Å². The van der Waals surface area contributed by atoms with Crippen molar-refractivity contribution in [3.8, 4) is 23.0 Å². The standard InChI is InChI=1S/C21H18NO4/c1-12-8-9-22-15(10-12)18-13(4-6-16(23-2)20(18)24-3)14-5-7-17-21(19(14)22)26-11-25-17/h4-10H,11H2,1-3H3/q+1. The van der Waals surface area contributed by atoms with Gasteiger partial charge in [-0.25, -0.2) is 0 Å². The Balaban J connectivity index is 2.11. The van der Waals surface area contributed by atoms with E-state index in [1.807, 2.05) is 12.1 Å². The van der Waals surface area contributed by atoms with Crippen LogP contribution in [0, 0.1) is 6.92 Å². The van der Waals surface area contributed by atoms with Gasteiger partial charge in [-0.05, 0) is 36.8 Å². The molecule has 2 aromatic carbocycles. The first-order valence-electron chi connectivity index (χ1n) is 8.44. The summed E-state index contributed by atoms with van der Waals surface area (Å²) in [6.07, 6.45) is 2.06. The molecule has 0 saturated heterocycles. The highest BCUT2D eigenvalue weighted by Gasteiger charge is 2.28. The molecule has 130 valence electrons. The van der Waals surface area contributed by atoms with Gasteiger partial charge in [0, 0.05) is 17.5 Å². The van der Waals surface area contributed by atoms with E-state index in [0.717, 1.165) is 44.4 Å². The lowest BCUT2D eigenvalue weighted by Gasteiger charge is -2.13. The second-order valence-electron chi connectivity index (χ2n) is 6.38. The highest BCUT2D eigenvalue weighted by molar-refractivity contribution is 6.14. The minimum atomic E-state index is 0.242. The second-order valence-corrected chi connectivity index (χ2v) is 6.38. The molecule has 0 aliphatic carbocycles. The van der Waals surface area contributed by atoms with E-state index in [1.165, 1.54) is 5.56 Å². The van der Waals surface area contributed by atoms with Gasteiger partial charge in [-0.2, -0.15) is 4.40 Å². The maximum Gasteiger partial charge on any atom is 0.265 e. The van der Waals surface area contributed by atoms with Gasteiger partial charge >= 0.3 is 0 Å². The lowest BCUT2D eigenvalue weighted by atomic mass is 10.0. The quantitative estimate of drug-likeness (QED) is 0.408. The first kappa shape index (κ1) is 15.1. The topological polar surface area (TPSA) is 41.0 Å². The van der Waals surface area contributed by atoms with Crippen molar-refractivity contribution in [1.82, 2.24) is 0 Å². The molecule has 3 heterocycles. The molecule has 5 rings (SSSR count). The number of fused-ring (bicyclic) bond motifs is 8. The van der Waals surface area contributed by atoms with Crippen molar-refractivity contribution in [2.75, 3.05) is 21.0 Å². The number of methoxy groups -OCH3 is 2. The van der Waals surface area contributed by atoms with Gasteiger partial charge < -0.3 is 18.9 Å². The molecule has 2 aromatic heterocycles. The van der Waals surface area contributed by atoms with Crippen molar-refractivity contribution in [3.63, 3.8) is 0 Å². The zero-order valence-corrected chi connectivity index (χ0v) is 14.8. The van der Waals surface area contributed by atoms with Gasteiger partial charge in [0.1, 0.15) is 5.39 Å². The summed E-state index contributed by atoms with van der Waals surface area (Å²) >= 11 is 0. The summed E-state index contributed by atoms with van der Waals surface area (Å²) in [7, 11) is 3.33. The monoisotopic (exact) mass is 348 g/mol. The van der Waals surface area contributed by atoms with Crippen LogP contribution in [0.2, 0.25) is 0 Å². The van der Waals surface area contributed by atoms with E-state index in [0.29, 0.717) is 5.75 Å². The Morgan fingerprint density at radius 2 is 1.81 bits per heavy atom. The number of hydrogen-bond acceptors (Lipinski definition) is 4. The van der Waals surface area contributed by atoms with Crippen molar-refractivity contribution in [2.24, 2.45) is 0 Å². The Morgan fingerprint density at radius 3 is 2.62 bits per heavy atom. The molecule has 0 saturated carbocycles. The van der Waals surface area contributed by atoms with Crippen LogP contribution in [0.4, 0.5) is 0 Å². The van der Waals surface area contributed by atoms with Crippen LogP contribution in [0.5, 0.6) is 23.0 Å². The van der Waals surface area contributed by atoms with Crippen LogP contribution in [-0.2, 0) is 0 Å². The smallest absolute Gasteiger partial charge is 0.265 e.